The van der Waals surface area contributed by atoms with Crippen molar-refractivity contribution in [1.82, 2.24) is 5.32 Å². The molecule has 2 amide bonds. The Morgan fingerprint density at radius 3 is 1.79 bits per heavy atom. The van der Waals surface area contributed by atoms with Crippen LogP contribution in [0.5, 0.6) is 0 Å². The summed E-state index contributed by atoms with van der Waals surface area (Å²) in [7, 11) is 0. The van der Waals surface area contributed by atoms with Crippen LogP contribution in [0.1, 0.15) is 44.7 Å². The first-order chi connectivity index (χ1) is 20.6. The molecular weight excluding hydrogens is 524 g/mol. The van der Waals surface area contributed by atoms with E-state index in [0.717, 1.165) is 60.6 Å². The highest BCUT2D eigenvalue weighted by Crippen LogP contribution is 2.22. The lowest BCUT2D eigenvalue weighted by atomic mass is 10.0. The number of carbonyl (C=O) groups excluding carboxylic acids is 2. The smallest absolute Gasteiger partial charge is 0.255 e. The van der Waals surface area contributed by atoms with Crippen LogP contribution in [0.25, 0.3) is 11.1 Å². The van der Waals surface area contributed by atoms with Gasteiger partial charge in [-0.15, -0.1) is 0 Å². The van der Waals surface area contributed by atoms with E-state index in [1.165, 1.54) is 0 Å². The molecule has 2 aliphatic rings. The molecule has 2 heterocycles. The largest absolute Gasteiger partial charge is 0.370 e. The van der Waals surface area contributed by atoms with E-state index in [-0.39, 0.29) is 11.8 Å². The van der Waals surface area contributed by atoms with Crippen LogP contribution in [-0.4, -0.2) is 49.3 Å². The van der Waals surface area contributed by atoms with Crippen LogP contribution in [0.4, 0.5) is 11.4 Å². The van der Waals surface area contributed by atoms with Gasteiger partial charge in [-0.05, 0) is 66.1 Å². The number of amidine groups is 2. The number of nitrogens with one attached hydrogen (secondary N) is 3. The Morgan fingerprint density at radius 1 is 0.643 bits per heavy atom. The van der Waals surface area contributed by atoms with Gasteiger partial charge in [0.25, 0.3) is 11.8 Å². The number of amides is 2. The molecule has 2 aliphatic heterocycles. The van der Waals surface area contributed by atoms with Gasteiger partial charge in [0.15, 0.2) is 5.84 Å². The molecule has 0 aromatic heterocycles. The van der Waals surface area contributed by atoms with Crippen LogP contribution >= 0.6 is 0 Å². The summed E-state index contributed by atoms with van der Waals surface area (Å²) in [6.07, 6.45) is 3.74. The van der Waals surface area contributed by atoms with Crippen LogP contribution < -0.4 is 16.0 Å². The molecule has 6 rings (SSSR count). The van der Waals surface area contributed by atoms with Crippen molar-refractivity contribution in [2.75, 3.05) is 30.3 Å². The summed E-state index contributed by atoms with van der Waals surface area (Å²) < 4.78 is 0. The molecule has 0 radical (unpaired) electrons. The van der Waals surface area contributed by atoms with E-state index in [0.29, 0.717) is 28.3 Å². The number of anilines is 2. The normalized spacial score (nSPS) is 14.3. The van der Waals surface area contributed by atoms with Crippen LogP contribution in [0.2, 0.25) is 0 Å². The second kappa shape index (κ2) is 12.4. The van der Waals surface area contributed by atoms with Crippen molar-refractivity contribution >= 4 is 41.1 Å². The van der Waals surface area contributed by atoms with Gasteiger partial charge >= 0.3 is 0 Å². The molecule has 8 heteroatoms. The third kappa shape index (κ3) is 6.33. The molecule has 0 bridgehead atoms. The van der Waals surface area contributed by atoms with E-state index in [4.69, 9.17) is 0 Å². The van der Waals surface area contributed by atoms with E-state index in [1.54, 1.807) is 24.3 Å². The SMILES string of the molecule is O=C(Nc1cccc(C2=NCCC=N2)c1)c1ccc(-c2ccc(C(=O)Nc3cccc(C4=NCCCN4)c3)cc2)cc1. The van der Waals surface area contributed by atoms with Gasteiger partial charge in [0, 0.05) is 65.9 Å². The number of benzene rings is 4. The standard InChI is InChI=1S/C34H30N6O2/c41-33(39-29-7-1-5-27(21-29)31-35-17-3-18-36-31)25-13-9-23(10-14-25)24-11-15-26(16-12-24)34(42)40-30-8-2-6-28(22-30)32-37-19-4-20-38-32/h1-2,5-17,21-22H,3-4,18-20H2,(H,37,38)(H,39,41)(H,40,42). The number of hydrogen-bond donors (Lipinski definition) is 3. The fraction of sp³-hybridized carbons (Fsp3) is 0.147. The molecule has 8 nitrogen and oxygen atoms in total. The molecule has 0 fully saturated rings. The Kier molecular flexibility index (Phi) is 7.94. The van der Waals surface area contributed by atoms with Gasteiger partial charge in [0.2, 0.25) is 0 Å². The first-order valence-electron chi connectivity index (χ1n) is 14.0. The molecule has 42 heavy (non-hydrogen) atoms. The fourth-order valence-corrected chi connectivity index (χ4v) is 4.83. The molecule has 0 unspecified atom stereocenters. The maximum absolute atomic E-state index is 12.9. The van der Waals surface area contributed by atoms with Gasteiger partial charge in [0.05, 0.1) is 0 Å². The lowest BCUT2D eigenvalue weighted by Gasteiger charge is -2.15. The Hall–Kier alpha value is -5.37. The van der Waals surface area contributed by atoms with Crippen molar-refractivity contribution in [3.05, 3.63) is 119 Å². The Bertz CT molecular complexity index is 1710. The summed E-state index contributed by atoms with van der Waals surface area (Å²) in [5, 5.41) is 9.25. The van der Waals surface area contributed by atoms with Gasteiger partial charge in [-0.3, -0.25) is 19.6 Å². The monoisotopic (exact) mass is 554 g/mol. The highest BCUT2D eigenvalue weighted by atomic mass is 16.2. The van der Waals surface area contributed by atoms with Crippen LogP contribution in [0.3, 0.4) is 0 Å². The minimum Gasteiger partial charge on any atom is -0.370 e. The van der Waals surface area contributed by atoms with E-state index in [2.05, 4.69) is 30.9 Å². The zero-order valence-corrected chi connectivity index (χ0v) is 23.0. The molecule has 0 spiro atoms. The van der Waals surface area contributed by atoms with Crippen molar-refractivity contribution in [3.63, 3.8) is 0 Å². The summed E-state index contributed by atoms with van der Waals surface area (Å²) in [6, 6.07) is 30.0. The second-order valence-electron chi connectivity index (χ2n) is 10.0. The summed E-state index contributed by atoms with van der Waals surface area (Å²) in [4.78, 5) is 39.2. The van der Waals surface area contributed by atoms with Crippen molar-refractivity contribution in [2.24, 2.45) is 15.0 Å². The van der Waals surface area contributed by atoms with Crippen LogP contribution in [-0.2, 0) is 0 Å². The molecule has 0 saturated carbocycles. The predicted molar refractivity (Wildman–Crippen MR) is 169 cm³/mol. The molecule has 0 aliphatic carbocycles. The quantitative estimate of drug-likeness (QED) is 0.268. The third-order valence-electron chi connectivity index (χ3n) is 7.03. The first-order valence-corrected chi connectivity index (χ1v) is 14.0. The minimum absolute atomic E-state index is 0.185. The molecular formula is C34H30N6O2. The minimum atomic E-state index is -0.199. The molecule has 0 atom stereocenters. The summed E-state index contributed by atoms with van der Waals surface area (Å²) in [6.45, 7) is 2.43. The summed E-state index contributed by atoms with van der Waals surface area (Å²) >= 11 is 0. The van der Waals surface area contributed by atoms with Crippen LogP contribution in [0.15, 0.2) is 112 Å². The lowest BCUT2D eigenvalue weighted by molar-refractivity contribution is 0.101. The third-order valence-corrected chi connectivity index (χ3v) is 7.03. The van der Waals surface area contributed by atoms with Crippen LogP contribution in [0, 0.1) is 0 Å². The zero-order valence-electron chi connectivity index (χ0n) is 23.0. The zero-order chi connectivity index (χ0) is 28.7. The van der Waals surface area contributed by atoms with Gasteiger partial charge in [0.1, 0.15) is 5.84 Å². The average Bonchev–Trinajstić information content (AvgIpc) is 3.06. The van der Waals surface area contributed by atoms with Crippen molar-refractivity contribution in [1.29, 1.82) is 0 Å². The predicted octanol–water partition coefficient (Wildman–Crippen LogP) is 5.82. The average molecular weight is 555 g/mol. The molecule has 0 saturated heterocycles. The van der Waals surface area contributed by atoms with Crippen molar-refractivity contribution < 1.29 is 9.59 Å². The molecule has 208 valence electrons. The number of nitrogens with zero attached hydrogens (tertiary/aromatic N) is 3. The highest BCUT2D eigenvalue weighted by molar-refractivity contribution is 6.08. The lowest BCUT2D eigenvalue weighted by Crippen LogP contribution is -2.30. The molecule has 4 aromatic rings. The Balaban J connectivity index is 1.08. The van der Waals surface area contributed by atoms with E-state index in [9.17, 15) is 9.59 Å². The number of carbonyl (C=O) groups is 2. The van der Waals surface area contributed by atoms with E-state index in [1.807, 2.05) is 79.0 Å². The first kappa shape index (κ1) is 26.8. The van der Waals surface area contributed by atoms with E-state index >= 15 is 0 Å². The van der Waals surface area contributed by atoms with Crippen molar-refractivity contribution in [2.45, 2.75) is 12.8 Å². The Labute approximate surface area is 244 Å². The van der Waals surface area contributed by atoms with E-state index < -0.39 is 0 Å². The summed E-state index contributed by atoms with van der Waals surface area (Å²) in [5.41, 5.74) is 6.23. The van der Waals surface area contributed by atoms with Gasteiger partial charge < -0.3 is 16.0 Å². The Morgan fingerprint density at radius 2 is 1.24 bits per heavy atom. The number of hydrogen-bond acceptors (Lipinski definition) is 6. The maximum Gasteiger partial charge on any atom is 0.255 e. The van der Waals surface area contributed by atoms with Crippen molar-refractivity contribution in [3.8, 4) is 11.1 Å². The number of aliphatic imine (C=N–C) groups is 3. The van der Waals surface area contributed by atoms with Gasteiger partial charge in [-0.2, -0.15) is 0 Å². The second-order valence-corrected chi connectivity index (χ2v) is 10.0. The topological polar surface area (TPSA) is 107 Å². The highest BCUT2D eigenvalue weighted by Gasteiger charge is 2.12. The van der Waals surface area contributed by atoms with Gasteiger partial charge in [-0.25, -0.2) is 4.99 Å². The summed E-state index contributed by atoms with van der Waals surface area (Å²) in [5.74, 6) is 1.16. The molecule has 3 N–H and O–H groups in total. The number of rotatable bonds is 7. The fourth-order valence-electron chi connectivity index (χ4n) is 4.83. The molecule has 4 aromatic carbocycles. The van der Waals surface area contributed by atoms with Gasteiger partial charge in [-0.1, -0.05) is 48.5 Å². The maximum atomic E-state index is 12.9.